The zero-order chi connectivity index (χ0) is 27.1. The number of thioether (sulfide) groups is 1. The molecule has 206 valence electrons. The predicted octanol–water partition coefficient (Wildman–Crippen LogP) is 4.81. The third kappa shape index (κ3) is 6.75. The van der Waals surface area contributed by atoms with Gasteiger partial charge in [-0.1, -0.05) is 25.2 Å². The van der Waals surface area contributed by atoms with Crippen LogP contribution < -0.4 is 4.90 Å². The Kier molecular flexibility index (Phi) is 10.2. The highest BCUT2D eigenvalue weighted by Crippen LogP contribution is 2.32. The maximum Gasteiger partial charge on any atom is 0.260 e. The highest BCUT2D eigenvalue weighted by molar-refractivity contribution is 7.98. The average Bonchev–Trinajstić information content (AvgIpc) is 3.36. The molecule has 0 bridgehead atoms. The largest absolute Gasteiger partial charge is 0.379 e. The molecule has 0 N–H and O–H groups in total. The first kappa shape index (κ1) is 29.0. The minimum atomic E-state index is -3.61. The number of anilines is 1. The van der Waals surface area contributed by atoms with Crippen molar-refractivity contribution in [3.63, 3.8) is 0 Å². The van der Waals surface area contributed by atoms with Gasteiger partial charge in [-0.3, -0.25) is 14.6 Å². The molecule has 4 rings (SSSR count). The van der Waals surface area contributed by atoms with Crippen LogP contribution in [0.5, 0.6) is 0 Å². The van der Waals surface area contributed by atoms with Crippen LogP contribution in [0.15, 0.2) is 52.3 Å². The summed E-state index contributed by atoms with van der Waals surface area (Å²) in [6.45, 7) is 9.11. The summed E-state index contributed by atoms with van der Waals surface area (Å²) in [5.74, 6) is -0.190. The van der Waals surface area contributed by atoms with Gasteiger partial charge in [-0.2, -0.15) is 4.31 Å². The molecule has 0 saturated carbocycles. The van der Waals surface area contributed by atoms with Crippen LogP contribution in [0.3, 0.4) is 0 Å². The lowest BCUT2D eigenvalue weighted by Crippen LogP contribution is -2.43. The topological polar surface area (TPSA) is 83.1 Å². The van der Waals surface area contributed by atoms with Gasteiger partial charge in [-0.05, 0) is 61.6 Å². The SMILES string of the molecule is CCCN(CCC)S(=O)(=O)c1ccc(C(=O)N(CCN2CCOCC2)c2nc3ccc(SC)cc3s2)cc1. The summed E-state index contributed by atoms with van der Waals surface area (Å²) < 4.78 is 34.4. The predicted molar refractivity (Wildman–Crippen MR) is 156 cm³/mol. The van der Waals surface area contributed by atoms with E-state index in [1.807, 2.05) is 32.2 Å². The summed E-state index contributed by atoms with van der Waals surface area (Å²) >= 11 is 3.17. The molecular formula is C27H36N4O4S3. The van der Waals surface area contributed by atoms with E-state index in [-0.39, 0.29) is 10.8 Å². The summed E-state index contributed by atoms with van der Waals surface area (Å²) in [4.78, 5) is 24.0. The van der Waals surface area contributed by atoms with Crippen LogP contribution in [0.4, 0.5) is 5.13 Å². The van der Waals surface area contributed by atoms with Crippen LogP contribution >= 0.6 is 23.1 Å². The summed E-state index contributed by atoms with van der Waals surface area (Å²) in [5.41, 5.74) is 1.30. The van der Waals surface area contributed by atoms with Gasteiger partial charge < -0.3 is 4.74 Å². The third-order valence-electron chi connectivity index (χ3n) is 6.49. The van der Waals surface area contributed by atoms with Crippen molar-refractivity contribution in [2.24, 2.45) is 0 Å². The van der Waals surface area contributed by atoms with E-state index in [0.717, 1.165) is 41.0 Å². The van der Waals surface area contributed by atoms with E-state index in [2.05, 4.69) is 11.0 Å². The van der Waals surface area contributed by atoms with Gasteiger partial charge in [0, 0.05) is 49.7 Å². The molecule has 1 aromatic heterocycles. The van der Waals surface area contributed by atoms with Crippen molar-refractivity contribution in [2.75, 3.05) is 63.6 Å². The van der Waals surface area contributed by atoms with Gasteiger partial charge in [-0.25, -0.2) is 13.4 Å². The molecule has 0 atom stereocenters. The fourth-order valence-corrected chi connectivity index (χ4v) is 7.58. The zero-order valence-electron chi connectivity index (χ0n) is 22.3. The number of fused-ring (bicyclic) bond motifs is 1. The molecule has 0 aliphatic carbocycles. The number of aromatic nitrogens is 1. The van der Waals surface area contributed by atoms with Crippen molar-refractivity contribution >= 4 is 54.4 Å². The third-order valence-corrected chi connectivity index (χ3v) is 10.2. The van der Waals surface area contributed by atoms with Crippen molar-refractivity contribution in [1.82, 2.24) is 14.2 Å². The molecule has 1 saturated heterocycles. The van der Waals surface area contributed by atoms with Gasteiger partial charge in [0.1, 0.15) is 0 Å². The van der Waals surface area contributed by atoms with Crippen molar-refractivity contribution in [3.8, 4) is 0 Å². The van der Waals surface area contributed by atoms with E-state index in [0.29, 0.717) is 50.1 Å². The van der Waals surface area contributed by atoms with Crippen molar-refractivity contribution in [1.29, 1.82) is 0 Å². The van der Waals surface area contributed by atoms with E-state index < -0.39 is 10.0 Å². The lowest BCUT2D eigenvalue weighted by molar-refractivity contribution is 0.0391. The van der Waals surface area contributed by atoms with Gasteiger partial charge in [0.2, 0.25) is 10.0 Å². The first-order valence-electron chi connectivity index (χ1n) is 13.0. The quantitative estimate of drug-likeness (QED) is 0.286. The lowest BCUT2D eigenvalue weighted by atomic mass is 10.2. The van der Waals surface area contributed by atoms with Crippen LogP contribution in [-0.2, 0) is 14.8 Å². The number of ether oxygens (including phenoxy) is 1. The molecule has 1 aliphatic rings. The maximum atomic E-state index is 13.8. The molecule has 3 aromatic rings. The van der Waals surface area contributed by atoms with Gasteiger partial charge in [0.15, 0.2) is 5.13 Å². The molecule has 1 fully saturated rings. The van der Waals surface area contributed by atoms with Crippen LogP contribution in [0, 0.1) is 0 Å². The average molecular weight is 577 g/mol. The Balaban J connectivity index is 1.61. The highest BCUT2D eigenvalue weighted by Gasteiger charge is 2.26. The van der Waals surface area contributed by atoms with Crippen LogP contribution in [-0.4, -0.2) is 87.3 Å². The van der Waals surface area contributed by atoms with Gasteiger partial charge in [0.25, 0.3) is 5.91 Å². The molecule has 38 heavy (non-hydrogen) atoms. The summed E-state index contributed by atoms with van der Waals surface area (Å²) in [7, 11) is -3.61. The monoisotopic (exact) mass is 576 g/mol. The first-order valence-corrected chi connectivity index (χ1v) is 16.5. The smallest absolute Gasteiger partial charge is 0.260 e. The number of benzene rings is 2. The summed E-state index contributed by atoms with van der Waals surface area (Å²) in [6, 6.07) is 12.5. The van der Waals surface area contributed by atoms with E-state index >= 15 is 0 Å². The minimum Gasteiger partial charge on any atom is -0.379 e. The maximum absolute atomic E-state index is 13.8. The molecular weight excluding hydrogens is 541 g/mol. The standard InChI is InChI=1S/C27H36N4O4S3/c1-4-12-30(13-5-2)38(33,34)23-9-6-21(7-10-23)26(32)31(15-14-29-16-18-35-19-17-29)27-28-24-11-8-22(36-3)20-25(24)37-27/h6-11,20H,4-5,12-19H2,1-3H3. The molecule has 0 unspecified atom stereocenters. The number of amides is 1. The number of carbonyl (C=O) groups is 1. The molecule has 11 heteroatoms. The van der Waals surface area contributed by atoms with Gasteiger partial charge >= 0.3 is 0 Å². The fourth-order valence-electron chi connectivity index (χ4n) is 4.41. The van der Waals surface area contributed by atoms with Gasteiger partial charge in [0.05, 0.1) is 28.3 Å². The van der Waals surface area contributed by atoms with Gasteiger partial charge in [-0.15, -0.1) is 11.8 Å². The second-order valence-corrected chi connectivity index (χ2v) is 13.0. The molecule has 0 spiro atoms. The Labute approximate surface area is 234 Å². The second-order valence-electron chi connectivity index (χ2n) is 9.17. The Bertz CT molecular complexity index is 1320. The lowest BCUT2D eigenvalue weighted by Gasteiger charge is -2.29. The number of morpholine rings is 1. The van der Waals surface area contributed by atoms with Crippen molar-refractivity contribution in [3.05, 3.63) is 48.0 Å². The minimum absolute atomic E-state index is 0.190. The number of rotatable bonds is 12. The molecule has 1 aliphatic heterocycles. The molecule has 1 amide bonds. The molecule has 2 aromatic carbocycles. The Hall–Kier alpha value is -2.02. The number of hydrogen-bond acceptors (Lipinski definition) is 8. The Morgan fingerprint density at radius 3 is 2.37 bits per heavy atom. The summed E-state index contributed by atoms with van der Waals surface area (Å²) in [6.07, 6.45) is 3.53. The number of hydrogen-bond donors (Lipinski definition) is 0. The Morgan fingerprint density at radius 2 is 1.74 bits per heavy atom. The van der Waals surface area contributed by atoms with Crippen LogP contribution in [0.1, 0.15) is 37.0 Å². The number of sulfonamides is 1. The summed E-state index contributed by atoms with van der Waals surface area (Å²) in [5, 5.41) is 0.644. The fraction of sp³-hybridized carbons (Fsp3) is 0.481. The zero-order valence-corrected chi connectivity index (χ0v) is 24.7. The number of nitrogens with zero attached hydrogens (tertiary/aromatic N) is 4. The van der Waals surface area contributed by atoms with Crippen molar-refractivity contribution < 1.29 is 17.9 Å². The van der Waals surface area contributed by atoms with E-state index in [1.54, 1.807) is 40.9 Å². The normalized spacial score (nSPS) is 14.8. The highest BCUT2D eigenvalue weighted by atomic mass is 32.2. The number of thiazole rings is 1. The molecule has 8 nitrogen and oxygen atoms in total. The Morgan fingerprint density at radius 1 is 1.05 bits per heavy atom. The molecule has 2 heterocycles. The second kappa shape index (κ2) is 13.4. The van der Waals surface area contributed by atoms with Crippen molar-refractivity contribution in [2.45, 2.75) is 36.5 Å². The van der Waals surface area contributed by atoms with Crippen LogP contribution in [0.2, 0.25) is 0 Å². The first-order chi connectivity index (χ1) is 18.4. The van der Waals surface area contributed by atoms with Crippen LogP contribution in [0.25, 0.3) is 10.2 Å². The van der Waals surface area contributed by atoms with E-state index in [1.165, 1.54) is 15.6 Å². The van der Waals surface area contributed by atoms with E-state index in [9.17, 15) is 13.2 Å². The molecule has 0 radical (unpaired) electrons. The number of carbonyl (C=O) groups excluding carboxylic acids is 1. The van der Waals surface area contributed by atoms with E-state index in [4.69, 9.17) is 9.72 Å².